The molecular weight excluding hydrogens is 510 g/mol. The fourth-order valence-corrected chi connectivity index (χ4v) is 3.99. The van der Waals surface area contributed by atoms with E-state index in [-0.39, 0.29) is 35.5 Å². The number of ether oxygens (including phenoxy) is 1. The van der Waals surface area contributed by atoms with Gasteiger partial charge in [-0.3, -0.25) is 15.4 Å². The van der Waals surface area contributed by atoms with Gasteiger partial charge in [0.05, 0.1) is 6.42 Å². The number of pyridine rings is 1. The molecule has 0 saturated carbocycles. The van der Waals surface area contributed by atoms with Gasteiger partial charge in [0, 0.05) is 43.1 Å². The summed E-state index contributed by atoms with van der Waals surface area (Å²) < 4.78 is 33.3. The molecule has 0 unspecified atom stereocenters. The van der Waals surface area contributed by atoms with Gasteiger partial charge in [0.25, 0.3) is 0 Å². The van der Waals surface area contributed by atoms with Crippen molar-refractivity contribution in [2.75, 3.05) is 37.8 Å². The summed E-state index contributed by atoms with van der Waals surface area (Å²) >= 11 is 0. The van der Waals surface area contributed by atoms with E-state index in [2.05, 4.69) is 25.8 Å². The molecule has 3 N–H and O–H groups in total. The summed E-state index contributed by atoms with van der Waals surface area (Å²) in [7, 11) is 3.95. The minimum Gasteiger partial charge on any atom is -0.454 e. The molecule has 5 amide bonds. The predicted octanol–water partition coefficient (Wildman–Crippen LogP) is 4.21. The molecule has 1 saturated heterocycles. The number of urea groups is 2. The lowest BCUT2D eigenvalue weighted by molar-refractivity contribution is -0.119. The average Bonchev–Trinajstić information content (AvgIpc) is 3.38. The average molecular weight is 539 g/mol. The number of anilines is 2. The number of amides is 5. The van der Waals surface area contributed by atoms with Crippen LogP contribution in [0.25, 0.3) is 0 Å². The van der Waals surface area contributed by atoms with Crippen molar-refractivity contribution in [3.05, 3.63) is 78.0 Å². The van der Waals surface area contributed by atoms with Crippen LogP contribution < -0.4 is 20.7 Å². The van der Waals surface area contributed by atoms with Crippen LogP contribution in [0.3, 0.4) is 0 Å². The number of nitrogens with one attached hydrogen (secondary N) is 3. The van der Waals surface area contributed by atoms with E-state index in [0.29, 0.717) is 24.7 Å². The number of likely N-dealkylation sites (tertiary alicyclic amines) is 1. The van der Waals surface area contributed by atoms with E-state index >= 15 is 0 Å². The molecule has 1 fully saturated rings. The number of hydrogen-bond acceptors (Lipinski definition) is 6. The van der Waals surface area contributed by atoms with Crippen LogP contribution in [0.2, 0.25) is 0 Å². The highest BCUT2D eigenvalue weighted by atomic mass is 19.1. The zero-order valence-corrected chi connectivity index (χ0v) is 21.4. The minimum atomic E-state index is -0.848. The number of carbonyl (C=O) groups is 3. The first-order valence-electron chi connectivity index (χ1n) is 12.2. The van der Waals surface area contributed by atoms with E-state index in [1.54, 1.807) is 4.90 Å². The smallest absolute Gasteiger partial charge is 0.325 e. The Bertz CT molecular complexity index is 1350. The zero-order valence-electron chi connectivity index (χ0n) is 21.4. The predicted molar refractivity (Wildman–Crippen MR) is 141 cm³/mol. The van der Waals surface area contributed by atoms with Gasteiger partial charge in [-0.25, -0.2) is 23.4 Å². The van der Waals surface area contributed by atoms with E-state index in [9.17, 15) is 23.2 Å². The second-order valence-electron chi connectivity index (χ2n) is 9.21. The van der Waals surface area contributed by atoms with E-state index in [4.69, 9.17) is 4.74 Å². The Morgan fingerprint density at radius 3 is 2.51 bits per heavy atom. The second-order valence-corrected chi connectivity index (χ2v) is 9.21. The molecule has 1 aliphatic rings. The maximum atomic E-state index is 14.7. The number of likely N-dealkylation sites (N-methyl/N-ethyl adjacent to an activating group) is 1. The Kier molecular flexibility index (Phi) is 8.67. The zero-order chi connectivity index (χ0) is 27.9. The van der Waals surface area contributed by atoms with Crippen molar-refractivity contribution < 1.29 is 27.9 Å². The van der Waals surface area contributed by atoms with Gasteiger partial charge >= 0.3 is 12.1 Å². The lowest BCUT2D eigenvalue weighted by atomic mass is 10.1. The van der Waals surface area contributed by atoms with Crippen LogP contribution in [0, 0.1) is 11.6 Å². The number of imide groups is 1. The fourth-order valence-electron chi connectivity index (χ4n) is 3.99. The summed E-state index contributed by atoms with van der Waals surface area (Å²) in [6.07, 6.45) is 2.19. The molecule has 0 radical (unpaired) electrons. The van der Waals surface area contributed by atoms with Gasteiger partial charge in [-0.1, -0.05) is 12.1 Å². The highest BCUT2D eigenvalue weighted by Crippen LogP contribution is 2.28. The summed E-state index contributed by atoms with van der Waals surface area (Å²) in [5, 5.41) is 7.24. The van der Waals surface area contributed by atoms with Crippen LogP contribution in [-0.2, 0) is 11.2 Å². The molecule has 2 aromatic carbocycles. The van der Waals surface area contributed by atoms with Gasteiger partial charge in [-0.2, -0.15) is 0 Å². The highest BCUT2D eigenvalue weighted by molar-refractivity contribution is 6.01. The third kappa shape index (κ3) is 7.71. The van der Waals surface area contributed by atoms with Crippen molar-refractivity contribution in [3.8, 4) is 11.5 Å². The molecule has 3 aromatic rings. The number of rotatable bonds is 7. The maximum Gasteiger partial charge on any atom is 0.325 e. The first-order chi connectivity index (χ1) is 18.7. The van der Waals surface area contributed by atoms with Crippen molar-refractivity contribution in [2.45, 2.75) is 18.9 Å². The SMILES string of the molecule is CN(C)[C@H]1CCN(C(=O)Nc2cc(Oc3ccc(NC(=O)NC(=O)Cc4ccc(F)cc4)cc3F)ccn2)C1. The first-order valence-corrected chi connectivity index (χ1v) is 12.2. The van der Waals surface area contributed by atoms with Gasteiger partial charge in [0.1, 0.15) is 17.4 Å². The van der Waals surface area contributed by atoms with E-state index < -0.39 is 23.6 Å². The van der Waals surface area contributed by atoms with Crippen LogP contribution in [0.1, 0.15) is 12.0 Å². The Morgan fingerprint density at radius 2 is 1.82 bits per heavy atom. The van der Waals surface area contributed by atoms with Gasteiger partial charge in [-0.05, 0) is 56.4 Å². The van der Waals surface area contributed by atoms with Crippen molar-refractivity contribution in [1.29, 1.82) is 0 Å². The Balaban J connectivity index is 1.30. The minimum absolute atomic E-state index is 0.0938. The van der Waals surface area contributed by atoms with Crippen LogP contribution in [0.4, 0.5) is 29.9 Å². The van der Waals surface area contributed by atoms with Crippen molar-refractivity contribution in [3.63, 3.8) is 0 Å². The lowest BCUT2D eigenvalue weighted by Crippen LogP contribution is -2.37. The molecule has 0 aliphatic carbocycles. The van der Waals surface area contributed by atoms with Crippen molar-refractivity contribution >= 4 is 29.5 Å². The standard InChI is InChI=1S/C27H28F2N6O4/c1-34(2)20-10-12-35(16-20)27(38)32-24-15-21(9-11-30-24)39-23-8-7-19(14-22(23)29)31-26(37)33-25(36)13-17-3-5-18(28)6-4-17/h3-9,11,14-15,20H,10,12-13,16H2,1-2H3,(H,30,32,38)(H2,31,33,36,37)/t20-/m0/s1. The van der Waals surface area contributed by atoms with Crippen LogP contribution in [0.5, 0.6) is 11.5 Å². The maximum absolute atomic E-state index is 14.7. The quantitative estimate of drug-likeness (QED) is 0.415. The van der Waals surface area contributed by atoms with Crippen LogP contribution in [0.15, 0.2) is 60.8 Å². The molecule has 204 valence electrons. The number of benzene rings is 2. The normalized spacial score (nSPS) is 14.7. The number of hydrogen-bond donors (Lipinski definition) is 3. The van der Waals surface area contributed by atoms with E-state index in [1.807, 2.05) is 14.1 Å². The summed E-state index contributed by atoms with van der Waals surface area (Å²) in [5.74, 6) is -1.42. The van der Waals surface area contributed by atoms with Gasteiger partial charge in [-0.15, -0.1) is 0 Å². The molecule has 2 heterocycles. The summed E-state index contributed by atoms with van der Waals surface area (Å²) in [6.45, 7) is 1.25. The molecule has 1 aromatic heterocycles. The largest absolute Gasteiger partial charge is 0.454 e. The van der Waals surface area contributed by atoms with E-state index in [1.165, 1.54) is 54.7 Å². The number of carbonyl (C=O) groups excluding carboxylic acids is 3. The molecular formula is C27H28F2N6O4. The molecule has 1 aliphatic heterocycles. The summed E-state index contributed by atoms with van der Waals surface area (Å²) in [4.78, 5) is 44.7. The number of aromatic nitrogens is 1. The molecule has 0 bridgehead atoms. The van der Waals surface area contributed by atoms with Crippen LogP contribution in [-0.4, -0.2) is 66.0 Å². The number of nitrogens with zero attached hydrogens (tertiary/aromatic N) is 3. The van der Waals surface area contributed by atoms with Gasteiger partial charge in [0.2, 0.25) is 5.91 Å². The topological polar surface area (TPSA) is 116 Å². The Labute approximate surface area is 224 Å². The van der Waals surface area contributed by atoms with E-state index in [0.717, 1.165) is 12.5 Å². The van der Waals surface area contributed by atoms with Crippen LogP contribution >= 0.6 is 0 Å². The van der Waals surface area contributed by atoms with Crippen molar-refractivity contribution in [1.82, 2.24) is 20.1 Å². The highest BCUT2D eigenvalue weighted by Gasteiger charge is 2.27. The number of halogens is 2. The Hall–Kier alpha value is -4.58. The molecule has 39 heavy (non-hydrogen) atoms. The third-order valence-electron chi connectivity index (χ3n) is 6.10. The van der Waals surface area contributed by atoms with Gasteiger partial charge < -0.3 is 19.9 Å². The molecule has 0 spiro atoms. The third-order valence-corrected chi connectivity index (χ3v) is 6.10. The lowest BCUT2D eigenvalue weighted by Gasteiger charge is -2.20. The second kappa shape index (κ2) is 12.3. The monoisotopic (exact) mass is 538 g/mol. The van der Waals surface area contributed by atoms with Gasteiger partial charge in [0.15, 0.2) is 11.6 Å². The molecule has 12 heteroatoms. The van der Waals surface area contributed by atoms with Crippen molar-refractivity contribution in [2.24, 2.45) is 0 Å². The Morgan fingerprint density at radius 1 is 1.05 bits per heavy atom. The molecule has 1 atom stereocenters. The first kappa shape index (κ1) is 27.5. The molecule has 10 nitrogen and oxygen atoms in total. The fraction of sp³-hybridized carbons (Fsp3) is 0.259. The summed E-state index contributed by atoms with van der Waals surface area (Å²) in [6, 6.07) is 11.2. The summed E-state index contributed by atoms with van der Waals surface area (Å²) in [5.41, 5.74) is 0.623. The molecule has 4 rings (SSSR count).